The van der Waals surface area contributed by atoms with E-state index in [1.54, 1.807) is 16.2 Å². The van der Waals surface area contributed by atoms with Gasteiger partial charge in [-0.05, 0) is 31.2 Å². The molecule has 1 saturated heterocycles. The molecule has 0 aliphatic carbocycles. The molecule has 0 aromatic carbocycles. The fraction of sp³-hybridized carbons (Fsp3) is 0.600. The highest BCUT2D eigenvalue weighted by Crippen LogP contribution is 2.18. The lowest BCUT2D eigenvalue weighted by Crippen LogP contribution is -2.42. The van der Waals surface area contributed by atoms with Crippen molar-refractivity contribution in [3.63, 3.8) is 0 Å². The van der Waals surface area contributed by atoms with Gasteiger partial charge in [0.25, 0.3) is 0 Å². The number of carbonyl (C=O) groups excluding carboxylic acids is 2. The van der Waals surface area contributed by atoms with Gasteiger partial charge in [0.2, 0.25) is 11.8 Å². The number of rotatable bonds is 4. The third-order valence-electron chi connectivity index (χ3n) is 3.60. The third kappa shape index (κ3) is 4.34. The molecule has 0 spiro atoms. The molecule has 0 bridgehead atoms. The minimum Gasteiger partial charge on any atom is -0.347 e. The van der Waals surface area contributed by atoms with Crippen molar-refractivity contribution in [2.45, 2.75) is 45.1 Å². The zero-order chi connectivity index (χ0) is 14.4. The van der Waals surface area contributed by atoms with Crippen molar-refractivity contribution >= 4 is 23.2 Å². The summed E-state index contributed by atoms with van der Waals surface area (Å²) in [5, 5.41) is 4.96. The zero-order valence-electron chi connectivity index (χ0n) is 11.9. The first kappa shape index (κ1) is 15.0. The molecule has 1 atom stereocenters. The van der Waals surface area contributed by atoms with E-state index in [1.807, 2.05) is 24.4 Å². The largest absolute Gasteiger partial charge is 0.347 e. The molecule has 1 aliphatic heterocycles. The van der Waals surface area contributed by atoms with Crippen molar-refractivity contribution in [3.8, 4) is 0 Å². The second kappa shape index (κ2) is 7.43. The summed E-state index contributed by atoms with van der Waals surface area (Å²) in [6.07, 6.45) is 4.80. The number of nitrogens with zero attached hydrogens (tertiary/aromatic N) is 1. The van der Waals surface area contributed by atoms with Crippen LogP contribution >= 0.6 is 11.3 Å². The predicted molar refractivity (Wildman–Crippen MR) is 80.5 cm³/mol. The minimum atomic E-state index is -0.0696. The molecule has 4 nitrogen and oxygen atoms in total. The molecular weight excluding hydrogens is 272 g/mol. The van der Waals surface area contributed by atoms with Gasteiger partial charge < -0.3 is 10.2 Å². The first-order valence-corrected chi connectivity index (χ1v) is 8.15. The summed E-state index contributed by atoms with van der Waals surface area (Å²) in [5.41, 5.74) is 0. The van der Waals surface area contributed by atoms with E-state index in [0.717, 1.165) is 30.6 Å². The Bertz CT molecular complexity index is 445. The number of nitrogens with one attached hydrogen (secondary N) is 1. The topological polar surface area (TPSA) is 49.4 Å². The molecule has 2 rings (SSSR count). The molecule has 1 fully saturated rings. The van der Waals surface area contributed by atoms with E-state index in [4.69, 9.17) is 0 Å². The Kier molecular flexibility index (Phi) is 5.59. The van der Waals surface area contributed by atoms with Gasteiger partial charge in [-0.25, -0.2) is 0 Å². The van der Waals surface area contributed by atoms with Crippen molar-refractivity contribution in [2.24, 2.45) is 0 Å². The van der Waals surface area contributed by atoms with Gasteiger partial charge in [-0.1, -0.05) is 18.9 Å². The van der Waals surface area contributed by atoms with E-state index in [-0.39, 0.29) is 24.4 Å². The van der Waals surface area contributed by atoms with Crippen molar-refractivity contribution in [1.82, 2.24) is 10.2 Å². The van der Waals surface area contributed by atoms with Crippen LogP contribution in [0, 0.1) is 0 Å². The normalized spacial score (nSPS) is 18.2. The van der Waals surface area contributed by atoms with Gasteiger partial charge in [-0.15, -0.1) is 11.3 Å². The lowest BCUT2D eigenvalue weighted by Gasteiger charge is -2.25. The summed E-state index contributed by atoms with van der Waals surface area (Å²) in [6, 6.07) is 3.99. The molecule has 20 heavy (non-hydrogen) atoms. The van der Waals surface area contributed by atoms with E-state index < -0.39 is 0 Å². The van der Waals surface area contributed by atoms with Gasteiger partial charge in [0.1, 0.15) is 0 Å². The Balaban J connectivity index is 1.84. The molecule has 1 aliphatic rings. The molecule has 0 radical (unpaired) electrons. The van der Waals surface area contributed by atoms with E-state index >= 15 is 0 Å². The highest BCUT2D eigenvalue weighted by molar-refractivity contribution is 7.10. The third-order valence-corrected chi connectivity index (χ3v) is 4.66. The number of carbonyl (C=O) groups is 2. The van der Waals surface area contributed by atoms with Crippen LogP contribution in [0.5, 0.6) is 0 Å². The lowest BCUT2D eigenvalue weighted by atomic mass is 10.1. The van der Waals surface area contributed by atoms with Crippen LogP contribution in [0.4, 0.5) is 0 Å². The minimum absolute atomic E-state index is 0.00681. The van der Waals surface area contributed by atoms with Crippen LogP contribution in [0.15, 0.2) is 17.5 Å². The van der Waals surface area contributed by atoms with Crippen LogP contribution in [0.3, 0.4) is 0 Å². The number of amides is 2. The molecule has 110 valence electrons. The molecule has 0 saturated carbocycles. The first-order valence-electron chi connectivity index (χ1n) is 7.27. The van der Waals surface area contributed by atoms with E-state index in [1.165, 1.54) is 0 Å². The lowest BCUT2D eigenvalue weighted by molar-refractivity contribution is -0.136. The van der Waals surface area contributed by atoms with Crippen molar-refractivity contribution in [3.05, 3.63) is 22.4 Å². The summed E-state index contributed by atoms with van der Waals surface area (Å²) in [4.78, 5) is 26.9. The standard InChI is InChI=1S/C15H22N2O2S/c1-12(13-7-6-10-20-13)16-14(18)11-17-9-5-3-2-4-8-15(17)19/h6-7,10,12H,2-5,8-9,11H2,1H3,(H,16,18)/t12-/m1/s1. The second-order valence-corrected chi connectivity index (χ2v) is 6.26. The maximum atomic E-state index is 12.1. The van der Waals surface area contributed by atoms with Crippen LogP contribution in [0.25, 0.3) is 0 Å². The van der Waals surface area contributed by atoms with Gasteiger partial charge >= 0.3 is 0 Å². The fourth-order valence-electron chi connectivity index (χ4n) is 2.45. The van der Waals surface area contributed by atoms with E-state index in [9.17, 15) is 9.59 Å². The van der Waals surface area contributed by atoms with Crippen molar-refractivity contribution < 1.29 is 9.59 Å². The summed E-state index contributed by atoms with van der Waals surface area (Å²) < 4.78 is 0. The Labute approximate surface area is 124 Å². The number of hydrogen-bond donors (Lipinski definition) is 1. The summed E-state index contributed by atoms with van der Waals surface area (Å²) in [5.74, 6) is 0.0449. The van der Waals surface area contributed by atoms with Crippen LogP contribution in [-0.4, -0.2) is 29.8 Å². The maximum Gasteiger partial charge on any atom is 0.240 e. The van der Waals surface area contributed by atoms with Crippen LogP contribution in [-0.2, 0) is 9.59 Å². The van der Waals surface area contributed by atoms with Gasteiger partial charge in [0.15, 0.2) is 0 Å². The molecule has 2 heterocycles. The number of thiophene rings is 1. The SMILES string of the molecule is C[C@@H](NC(=O)CN1CCCCCCC1=O)c1cccs1. The molecule has 1 aromatic heterocycles. The van der Waals surface area contributed by atoms with Crippen LogP contribution < -0.4 is 5.32 Å². The Morgan fingerprint density at radius 1 is 1.40 bits per heavy atom. The molecule has 1 aromatic rings. The van der Waals surface area contributed by atoms with Crippen LogP contribution in [0.2, 0.25) is 0 Å². The van der Waals surface area contributed by atoms with Crippen molar-refractivity contribution in [2.75, 3.05) is 13.1 Å². The van der Waals surface area contributed by atoms with Gasteiger partial charge in [-0.3, -0.25) is 9.59 Å². The zero-order valence-corrected chi connectivity index (χ0v) is 12.7. The average Bonchev–Trinajstić information content (AvgIpc) is 2.92. The Morgan fingerprint density at radius 2 is 2.20 bits per heavy atom. The number of hydrogen-bond acceptors (Lipinski definition) is 3. The summed E-state index contributed by atoms with van der Waals surface area (Å²) in [6.45, 7) is 2.87. The highest BCUT2D eigenvalue weighted by atomic mass is 32.1. The average molecular weight is 294 g/mol. The molecule has 2 amide bonds. The molecular formula is C15H22N2O2S. The molecule has 1 N–H and O–H groups in total. The maximum absolute atomic E-state index is 12.1. The molecule has 0 unspecified atom stereocenters. The summed E-state index contributed by atoms with van der Waals surface area (Å²) in [7, 11) is 0. The highest BCUT2D eigenvalue weighted by Gasteiger charge is 2.19. The van der Waals surface area contributed by atoms with E-state index in [2.05, 4.69) is 5.32 Å². The van der Waals surface area contributed by atoms with Crippen LogP contribution in [0.1, 0.15) is 49.9 Å². The van der Waals surface area contributed by atoms with Gasteiger partial charge in [-0.2, -0.15) is 0 Å². The number of likely N-dealkylation sites (tertiary alicyclic amines) is 1. The van der Waals surface area contributed by atoms with Gasteiger partial charge in [0, 0.05) is 17.8 Å². The predicted octanol–water partition coefficient (Wildman–Crippen LogP) is 2.72. The Morgan fingerprint density at radius 3 is 2.95 bits per heavy atom. The monoisotopic (exact) mass is 294 g/mol. The Hall–Kier alpha value is -1.36. The quantitative estimate of drug-likeness (QED) is 0.928. The van der Waals surface area contributed by atoms with Gasteiger partial charge in [0.05, 0.1) is 12.6 Å². The smallest absolute Gasteiger partial charge is 0.240 e. The molecule has 5 heteroatoms. The summed E-state index contributed by atoms with van der Waals surface area (Å²) >= 11 is 1.63. The van der Waals surface area contributed by atoms with E-state index in [0.29, 0.717) is 13.0 Å². The van der Waals surface area contributed by atoms with Crippen molar-refractivity contribution in [1.29, 1.82) is 0 Å². The fourth-order valence-corrected chi connectivity index (χ4v) is 3.19. The second-order valence-electron chi connectivity index (χ2n) is 5.28. The first-order chi connectivity index (χ1) is 9.66.